The molecule has 2 atom stereocenters. The molecule has 0 radical (unpaired) electrons. The van der Waals surface area contributed by atoms with Gasteiger partial charge >= 0.3 is 5.97 Å². The molecule has 12 heavy (non-hydrogen) atoms. The van der Waals surface area contributed by atoms with Crippen LogP contribution in [0.25, 0.3) is 0 Å². The highest BCUT2D eigenvalue weighted by Gasteiger charge is 2.24. The molecule has 0 saturated carbocycles. The lowest BCUT2D eigenvalue weighted by atomic mass is 9.94. The number of hydrogen-bond acceptors (Lipinski definition) is 3. The number of piperidine rings is 1. The largest absolute Gasteiger partial charge is 0.468 e. The number of halogens is 1. The molecule has 0 aromatic rings. The van der Waals surface area contributed by atoms with E-state index >= 15 is 0 Å². The summed E-state index contributed by atoms with van der Waals surface area (Å²) >= 11 is 0. The highest BCUT2D eigenvalue weighted by Crippen LogP contribution is 2.15. The summed E-state index contributed by atoms with van der Waals surface area (Å²) < 4.78 is 4.64. The second kappa shape index (κ2) is 5.38. The van der Waals surface area contributed by atoms with Crippen molar-refractivity contribution < 1.29 is 9.53 Å². The second-order valence-corrected chi connectivity index (χ2v) is 3.16. The van der Waals surface area contributed by atoms with Crippen LogP contribution in [0.15, 0.2) is 0 Å². The van der Waals surface area contributed by atoms with Crippen molar-refractivity contribution in [3.05, 3.63) is 0 Å². The van der Waals surface area contributed by atoms with E-state index < -0.39 is 0 Å². The van der Waals surface area contributed by atoms with Gasteiger partial charge in [0.25, 0.3) is 0 Å². The maximum Gasteiger partial charge on any atom is 0.322 e. The van der Waals surface area contributed by atoms with Crippen LogP contribution in [0.1, 0.15) is 19.8 Å². The summed E-state index contributed by atoms with van der Waals surface area (Å²) in [5, 5.41) is 3.13. The quantitative estimate of drug-likeness (QED) is 0.631. The Kier molecular flexibility index (Phi) is 5.25. The lowest BCUT2D eigenvalue weighted by Crippen LogP contribution is -2.43. The highest BCUT2D eigenvalue weighted by atomic mass is 35.5. The first-order valence-corrected chi connectivity index (χ1v) is 4.05. The minimum absolute atomic E-state index is 0. The lowest BCUT2D eigenvalue weighted by Gasteiger charge is -2.25. The van der Waals surface area contributed by atoms with Gasteiger partial charge in [0.2, 0.25) is 0 Å². The van der Waals surface area contributed by atoms with Crippen LogP contribution in [0, 0.1) is 5.92 Å². The van der Waals surface area contributed by atoms with Crippen molar-refractivity contribution in [2.45, 2.75) is 25.8 Å². The van der Waals surface area contributed by atoms with Crippen molar-refractivity contribution in [3.63, 3.8) is 0 Å². The predicted octanol–water partition coefficient (Wildman–Crippen LogP) is 0.969. The van der Waals surface area contributed by atoms with Gasteiger partial charge in [-0.2, -0.15) is 0 Å². The molecule has 4 heteroatoms. The fraction of sp³-hybridized carbons (Fsp3) is 0.875. The maximum atomic E-state index is 11.0. The summed E-state index contributed by atoms with van der Waals surface area (Å²) in [7, 11) is 1.43. The topological polar surface area (TPSA) is 38.3 Å². The monoisotopic (exact) mass is 193 g/mol. The molecule has 0 amide bonds. The molecule has 3 nitrogen and oxygen atoms in total. The molecule has 1 aliphatic heterocycles. The Morgan fingerprint density at radius 2 is 2.25 bits per heavy atom. The van der Waals surface area contributed by atoms with Crippen LogP contribution in [0.2, 0.25) is 0 Å². The van der Waals surface area contributed by atoms with Crippen LogP contribution < -0.4 is 5.32 Å². The Bertz CT molecular complexity index is 152. The molecule has 0 spiro atoms. The van der Waals surface area contributed by atoms with Crippen molar-refractivity contribution in [2.24, 2.45) is 5.92 Å². The van der Waals surface area contributed by atoms with Crippen LogP contribution in [-0.4, -0.2) is 25.7 Å². The second-order valence-electron chi connectivity index (χ2n) is 3.16. The zero-order valence-corrected chi connectivity index (χ0v) is 8.32. The smallest absolute Gasteiger partial charge is 0.322 e. The van der Waals surface area contributed by atoms with Gasteiger partial charge < -0.3 is 10.1 Å². The summed E-state index contributed by atoms with van der Waals surface area (Å²) in [5.74, 6) is 0.511. The molecular weight excluding hydrogens is 178 g/mol. The number of esters is 1. The average Bonchev–Trinajstić information content (AvgIpc) is 2.03. The average molecular weight is 194 g/mol. The molecule has 0 unspecified atom stereocenters. The fourth-order valence-corrected chi connectivity index (χ4v) is 1.43. The van der Waals surface area contributed by atoms with E-state index in [0.717, 1.165) is 19.4 Å². The Morgan fingerprint density at radius 1 is 1.58 bits per heavy atom. The Morgan fingerprint density at radius 3 is 2.75 bits per heavy atom. The van der Waals surface area contributed by atoms with E-state index in [0.29, 0.717) is 5.92 Å². The number of methoxy groups -OCH3 is 1. The number of nitrogens with one attached hydrogen (secondary N) is 1. The maximum absolute atomic E-state index is 11.0. The van der Waals surface area contributed by atoms with E-state index in [9.17, 15) is 4.79 Å². The van der Waals surface area contributed by atoms with Crippen molar-refractivity contribution in [3.8, 4) is 0 Å². The molecule has 1 N–H and O–H groups in total. The van der Waals surface area contributed by atoms with Gasteiger partial charge in [-0.3, -0.25) is 4.79 Å². The third-order valence-corrected chi connectivity index (χ3v) is 2.15. The van der Waals surface area contributed by atoms with Crippen molar-refractivity contribution in [2.75, 3.05) is 13.7 Å². The Hall–Kier alpha value is -0.280. The summed E-state index contributed by atoms with van der Waals surface area (Å²) in [6.07, 6.45) is 2.07. The first-order chi connectivity index (χ1) is 5.24. The summed E-state index contributed by atoms with van der Waals surface area (Å²) in [4.78, 5) is 11.0. The number of carbonyl (C=O) groups is 1. The number of rotatable bonds is 1. The molecule has 1 fully saturated rings. The standard InChI is InChI=1S/C8H15NO2.ClH/c1-6-3-4-9-7(5-6)8(10)11-2;/h6-7,9H,3-5H2,1-2H3;1H/t6-,7+;/m0./s1. The zero-order valence-electron chi connectivity index (χ0n) is 7.50. The number of hydrogen-bond donors (Lipinski definition) is 1. The first-order valence-electron chi connectivity index (χ1n) is 4.05. The van der Waals surface area contributed by atoms with E-state index in [4.69, 9.17) is 0 Å². The molecule has 0 bridgehead atoms. The van der Waals surface area contributed by atoms with Crippen LogP contribution in [0.5, 0.6) is 0 Å². The summed E-state index contributed by atoms with van der Waals surface area (Å²) in [5.41, 5.74) is 0. The van der Waals surface area contributed by atoms with E-state index in [1.807, 2.05) is 0 Å². The van der Waals surface area contributed by atoms with E-state index in [-0.39, 0.29) is 24.4 Å². The van der Waals surface area contributed by atoms with E-state index in [1.54, 1.807) is 0 Å². The van der Waals surface area contributed by atoms with Crippen LogP contribution in [0.4, 0.5) is 0 Å². The summed E-state index contributed by atoms with van der Waals surface area (Å²) in [6, 6.07) is -0.0660. The molecule has 0 aromatic heterocycles. The third-order valence-electron chi connectivity index (χ3n) is 2.15. The SMILES string of the molecule is COC(=O)[C@H]1C[C@@H](C)CCN1.Cl. The molecule has 0 aliphatic carbocycles. The number of carbonyl (C=O) groups excluding carboxylic acids is 1. The van der Waals surface area contributed by atoms with Gasteiger partial charge in [0, 0.05) is 0 Å². The minimum Gasteiger partial charge on any atom is -0.468 e. The fourth-order valence-electron chi connectivity index (χ4n) is 1.43. The van der Waals surface area contributed by atoms with Gasteiger partial charge in [-0.15, -0.1) is 12.4 Å². The third kappa shape index (κ3) is 2.99. The predicted molar refractivity (Wildman–Crippen MR) is 49.5 cm³/mol. The van der Waals surface area contributed by atoms with Gasteiger partial charge in [-0.05, 0) is 25.3 Å². The number of ether oxygens (including phenoxy) is 1. The van der Waals surface area contributed by atoms with Gasteiger partial charge in [-0.25, -0.2) is 0 Å². The van der Waals surface area contributed by atoms with Crippen molar-refractivity contribution in [1.82, 2.24) is 5.32 Å². The molecule has 1 aliphatic rings. The highest BCUT2D eigenvalue weighted by molar-refractivity contribution is 5.85. The molecule has 1 saturated heterocycles. The molecule has 1 heterocycles. The van der Waals surface area contributed by atoms with Gasteiger partial charge in [0.05, 0.1) is 7.11 Å². The normalized spacial score (nSPS) is 28.8. The summed E-state index contributed by atoms with van der Waals surface area (Å²) in [6.45, 7) is 3.09. The van der Waals surface area contributed by atoms with Gasteiger partial charge in [0.15, 0.2) is 0 Å². The minimum atomic E-state index is -0.128. The Balaban J connectivity index is 0.00000121. The van der Waals surface area contributed by atoms with Crippen LogP contribution in [0.3, 0.4) is 0 Å². The Labute approximate surface area is 79.3 Å². The van der Waals surface area contributed by atoms with Crippen molar-refractivity contribution >= 4 is 18.4 Å². The van der Waals surface area contributed by atoms with E-state index in [1.165, 1.54) is 7.11 Å². The molecule has 1 rings (SSSR count). The van der Waals surface area contributed by atoms with Gasteiger partial charge in [-0.1, -0.05) is 6.92 Å². The molecule has 0 aromatic carbocycles. The van der Waals surface area contributed by atoms with Crippen molar-refractivity contribution in [1.29, 1.82) is 0 Å². The molecule has 72 valence electrons. The lowest BCUT2D eigenvalue weighted by molar-refractivity contribution is -0.144. The zero-order chi connectivity index (χ0) is 8.27. The van der Waals surface area contributed by atoms with Crippen LogP contribution in [-0.2, 0) is 9.53 Å². The first kappa shape index (κ1) is 11.7. The van der Waals surface area contributed by atoms with Crippen LogP contribution >= 0.6 is 12.4 Å². The van der Waals surface area contributed by atoms with Gasteiger partial charge in [0.1, 0.15) is 6.04 Å². The molecular formula is C8H16ClNO2. The van der Waals surface area contributed by atoms with E-state index in [2.05, 4.69) is 17.0 Å².